The molecule has 3 rings (SSSR count). The zero-order valence-electron chi connectivity index (χ0n) is 12.3. The van der Waals surface area contributed by atoms with E-state index in [1.54, 1.807) is 0 Å². The van der Waals surface area contributed by atoms with Gasteiger partial charge in [-0.25, -0.2) is 0 Å². The molecule has 2 N–H and O–H groups in total. The number of anilines is 2. The van der Waals surface area contributed by atoms with Gasteiger partial charge in [0, 0.05) is 30.9 Å². The second-order valence-corrected chi connectivity index (χ2v) is 5.86. The maximum atomic E-state index is 12.6. The lowest BCUT2D eigenvalue weighted by atomic mass is 10.0. The van der Waals surface area contributed by atoms with Crippen LogP contribution in [0.1, 0.15) is 32.6 Å². The molecule has 2 amide bonds. The molecule has 1 heterocycles. The van der Waals surface area contributed by atoms with Crippen LogP contribution in [-0.2, 0) is 9.59 Å². The molecule has 1 saturated heterocycles. The monoisotopic (exact) mass is 287 g/mol. The minimum Gasteiger partial charge on any atom is -0.326 e. The molecule has 1 aliphatic heterocycles. The zero-order chi connectivity index (χ0) is 14.8. The van der Waals surface area contributed by atoms with E-state index >= 15 is 0 Å². The summed E-state index contributed by atoms with van der Waals surface area (Å²) in [5.74, 6) is 0.0403. The van der Waals surface area contributed by atoms with E-state index in [0.29, 0.717) is 6.04 Å². The van der Waals surface area contributed by atoms with Crippen molar-refractivity contribution >= 4 is 23.2 Å². The van der Waals surface area contributed by atoms with E-state index in [-0.39, 0.29) is 17.9 Å². The van der Waals surface area contributed by atoms with E-state index in [9.17, 15) is 9.59 Å². The lowest BCUT2D eigenvalue weighted by Crippen LogP contribution is -2.51. The second kappa shape index (κ2) is 5.85. The summed E-state index contributed by atoms with van der Waals surface area (Å²) in [5.41, 5.74) is 1.58. The van der Waals surface area contributed by atoms with Gasteiger partial charge in [-0.05, 0) is 43.9 Å². The highest BCUT2D eigenvalue weighted by Gasteiger charge is 2.33. The predicted octanol–water partition coefficient (Wildman–Crippen LogP) is 1.89. The first-order chi connectivity index (χ1) is 10.1. The minimum atomic E-state index is -0.106. The van der Waals surface area contributed by atoms with Crippen LogP contribution in [-0.4, -0.2) is 30.4 Å². The second-order valence-electron chi connectivity index (χ2n) is 5.86. The molecule has 5 heteroatoms. The molecule has 1 aliphatic carbocycles. The van der Waals surface area contributed by atoms with E-state index < -0.39 is 0 Å². The van der Waals surface area contributed by atoms with Crippen molar-refractivity contribution in [2.45, 2.75) is 44.7 Å². The molecule has 0 radical (unpaired) electrons. The van der Waals surface area contributed by atoms with Crippen LogP contribution in [0.4, 0.5) is 11.4 Å². The van der Waals surface area contributed by atoms with Crippen molar-refractivity contribution in [2.24, 2.45) is 0 Å². The third kappa shape index (κ3) is 3.42. The van der Waals surface area contributed by atoms with Crippen LogP contribution in [0.5, 0.6) is 0 Å². The summed E-state index contributed by atoms with van der Waals surface area (Å²) in [7, 11) is 0. The Morgan fingerprint density at radius 3 is 2.81 bits per heavy atom. The van der Waals surface area contributed by atoms with E-state index in [1.807, 2.05) is 29.2 Å². The van der Waals surface area contributed by atoms with Gasteiger partial charge in [0.05, 0.1) is 6.04 Å². The van der Waals surface area contributed by atoms with Crippen LogP contribution >= 0.6 is 0 Å². The summed E-state index contributed by atoms with van der Waals surface area (Å²) in [6.07, 6.45) is 4.28. The summed E-state index contributed by atoms with van der Waals surface area (Å²) < 4.78 is 0. The maximum Gasteiger partial charge on any atom is 0.244 e. The van der Waals surface area contributed by atoms with E-state index in [4.69, 9.17) is 0 Å². The molecule has 21 heavy (non-hydrogen) atoms. The van der Waals surface area contributed by atoms with Gasteiger partial charge < -0.3 is 15.5 Å². The Kier molecular flexibility index (Phi) is 3.92. The molecule has 1 saturated carbocycles. The Morgan fingerprint density at radius 2 is 2.10 bits per heavy atom. The highest BCUT2D eigenvalue weighted by Crippen LogP contribution is 2.26. The molecule has 1 unspecified atom stereocenters. The number of hydrogen-bond acceptors (Lipinski definition) is 3. The third-order valence-electron chi connectivity index (χ3n) is 3.93. The van der Waals surface area contributed by atoms with Gasteiger partial charge in [0.25, 0.3) is 0 Å². The van der Waals surface area contributed by atoms with Crippen molar-refractivity contribution < 1.29 is 9.59 Å². The van der Waals surface area contributed by atoms with Crippen molar-refractivity contribution in [1.29, 1.82) is 0 Å². The lowest BCUT2D eigenvalue weighted by Gasteiger charge is -2.33. The quantitative estimate of drug-likeness (QED) is 0.889. The molecule has 1 aromatic carbocycles. The molecule has 5 nitrogen and oxygen atoms in total. The first-order valence-corrected chi connectivity index (χ1v) is 7.58. The summed E-state index contributed by atoms with van der Waals surface area (Å²) >= 11 is 0. The summed E-state index contributed by atoms with van der Waals surface area (Å²) in [5, 5.41) is 6.19. The van der Waals surface area contributed by atoms with Crippen molar-refractivity contribution in [3.05, 3.63) is 24.3 Å². The van der Waals surface area contributed by atoms with Crippen molar-refractivity contribution in [1.82, 2.24) is 5.32 Å². The van der Waals surface area contributed by atoms with Crippen LogP contribution in [0, 0.1) is 0 Å². The number of benzene rings is 1. The summed E-state index contributed by atoms with van der Waals surface area (Å²) in [4.78, 5) is 25.6. The largest absolute Gasteiger partial charge is 0.326 e. The standard InChI is InChI=1S/C16H21N3O2/c1-11(20)17-13-4-2-5-14(10-13)19-9-3-6-15(16(19)21)18-12-7-8-12/h2,4-5,10,12,15,18H,3,6-9H2,1H3,(H,17,20). The molecule has 0 spiro atoms. The van der Waals surface area contributed by atoms with Crippen LogP contribution in [0.2, 0.25) is 0 Å². The smallest absolute Gasteiger partial charge is 0.244 e. The van der Waals surface area contributed by atoms with Crippen LogP contribution in [0.15, 0.2) is 24.3 Å². The van der Waals surface area contributed by atoms with E-state index in [1.165, 1.54) is 19.8 Å². The molecule has 0 bridgehead atoms. The van der Waals surface area contributed by atoms with Gasteiger partial charge in [-0.15, -0.1) is 0 Å². The Bertz CT molecular complexity index is 554. The summed E-state index contributed by atoms with van der Waals surface area (Å²) in [6.45, 7) is 2.22. The zero-order valence-corrected chi connectivity index (χ0v) is 12.3. The Balaban J connectivity index is 1.75. The van der Waals surface area contributed by atoms with Crippen molar-refractivity contribution in [3.63, 3.8) is 0 Å². The molecular formula is C16H21N3O2. The number of hydrogen-bond donors (Lipinski definition) is 2. The fraction of sp³-hybridized carbons (Fsp3) is 0.500. The van der Waals surface area contributed by atoms with Crippen LogP contribution in [0.25, 0.3) is 0 Å². The van der Waals surface area contributed by atoms with Gasteiger partial charge in [0.15, 0.2) is 0 Å². The van der Waals surface area contributed by atoms with Gasteiger partial charge in [0.1, 0.15) is 0 Å². The number of piperidine rings is 1. The predicted molar refractivity (Wildman–Crippen MR) is 82.3 cm³/mol. The molecule has 112 valence electrons. The molecule has 2 fully saturated rings. The molecule has 2 aliphatic rings. The molecule has 1 aromatic rings. The van der Waals surface area contributed by atoms with Gasteiger partial charge >= 0.3 is 0 Å². The number of rotatable bonds is 4. The van der Waals surface area contributed by atoms with Gasteiger partial charge in [-0.3, -0.25) is 9.59 Å². The van der Waals surface area contributed by atoms with Crippen LogP contribution < -0.4 is 15.5 Å². The topological polar surface area (TPSA) is 61.4 Å². The first-order valence-electron chi connectivity index (χ1n) is 7.58. The Hall–Kier alpha value is -1.88. The van der Waals surface area contributed by atoms with Crippen molar-refractivity contribution in [3.8, 4) is 0 Å². The van der Waals surface area contributed by atoms with Gasteiger partial charge in [0.2, 0.25) is 11.8 Å². The van der Waals surface area contributed by atoms with E-state index in [2.05, 4.69) is 10.6 Å². The summed E-state index contributed by atoms with van der Waals surface area (Å²) in [6, 6.07) is 7.95. The molecule has 0 aromatic heterocycles. The number of carbonyl (C=O) groups excluding carboxylic acids is 2. The normalized spacial score (nSPS) is 22.2. The number of amides is 2. The SMILES string of the molecule is CC(=O)Nc1cccc(N2CCCC(NC3CC3)C2=O)c1. The fourth-order valence-corrected chi connectivity index (χ4v) is 2.78. The first kappa shape index (κ1) is 14.1. The number of nitrogens with one attached hydrogen (secondary N) is 2. The fourth-order valence-electron chi connectivity index (χ4n) is 2.78. The number of nitrogens with zero attached hydrogens (tertiary/aromatic N) is 1. The van der Waals surface area contributed by atoms with Gasteiger partial charge in [-0.2, -0.15) is 0 Å². The Morgan fingerprint density at radius 1 is 1.29 bits per heavy atom. The minimum absolute atomic E-state index is 0.0596. The highest BCUT2D eigenvalue weighted by atomic mass is 16.2. The average molecular weight is 287 g/mol. The maximum absolute atomic E-state index is 12.6. The van der Waals surface area contributed by atoms with Crippen molar-refractivity contribution in [2.75, 3.05) is 16.8 Å². The van der Waals surface area contributed by atoms with E-state index in [0.717, 1.165) is 30.8 Å². The Labute approximate surface area is 124 Å². The van der Waals surface area contributed by atoms with Gasteiger partial charge in [-0.1, -0.05) is 6.07 Å². The van der Waals surface area contributed by atoms with Crippen LogP contribution in [0.3, 0.4) is 0 Å². The third-order valence-corrected chi connectivity index (χ3v) is 3.93. The average Bonchev–Trinajstić information content (AvgIpc) is 3.25. The highest BCUT2D eigenvalue weighted by molar-refractivity contribution is 5.99. The molecular weight excluding hydrogens is 266 g/mol. The molecule has 1 atom stereocenters. The lowest BCUT2D eigenvalue weighted by molar-refractivity contribution is -0.121. The number of carbonyl (C=O) groups is 2.